The largest absolute Gasteiger partial charge is 0.416 e. The lowest BCUT2D eigenvalue weighted by Crippen LogP contribution is -2.30. The van der Waals surface area contributed by atoms with E-state index in [1.54, 1.807) is 12.1 Å². The maximum Gasteiger partial charge on any atom is 0.416 e. The van der Waals surface area contributed by atoms with E-state index in [1.807, 2.05) is 0 Å². The summed E-state index contributed by atoms with van der Waals surface area (Å²) in [5.74, 6) is 0.969. The van der Waals surface area contributed by atoms with Crippen molar-refractivity contribution in [3.63, 3.8) is 0 Å². The molecule has 2 aliphatic rings. The third-order valence-corrected chi connectivity index (χ3v) is 4.62. The Kier molecular flexibility index (Phi) is 3.50. The molecule has 1 aromatic rings. The van der Waals surface area contributed by atoms with Gasteiger partial charge in [-0.2, -0.15) is 13.2 Å². The van der Waals surface area contributed by atoms with E-state index in [0.717, 1.165) is 43.5 Å². The van der Waals surface area contributed by atoms with Crippen molar-refractivity contribution in [2.45, 2.75) is 37.6 Å². The molecule has 1 saturated heterocycles. The van der Waals surface area contributed by atoms with E-state index in [9.17, 15) is 18.3 Å². The monoisotopic (exact) mass is 285 g/mol. The first-order chi connectivity index (χ1) is 9.43. The highest BCUT2D eigenvalue weighted by atomic mass is 19.4. The molecule has 20 heavy (non-hydrogen) atoms. The van der Waals surface area contributed by atoms with Gasteiger partial charge in [0, 0.05) is 6.04 Å². The first-order valence-corrected chi connectivity index (χ1v) is 7.01. The molecular weight excluding hydrogens is 267 g/mol. The zero-order valence-corrected chi connectivity index (χ0v) is 11.0. The SMILES string of the molecule is OC1CC2CNC(Cc3ccc(C(F)(F)F)cc3)C2C1. The van der Waals surface area contributed by atoms with Crippen molar-refractivity contribution in [1.82, 2.24) is 5.32 Å². The topological polar surface area (TPSA) is 32.3 Å². The second-order valence-electron chi connectivity index (χ2n) is 5.96. The van der Waals surface area contributed by atoms with Gasteiger partial charge in [-0.3, -0.25) is 0 Å². The number of hydrogen-bond acceptors (Lipinski definition) is 2. The van der Waals surface area contributed by atoms with Crippen molar-refractivity contribution in [1.29, 1.82) is 0 Å². The summed E-state index contributed by atoms with van der Waals surface area (Å²) >= 11 is 0. The van der Waals surface area contributed by atoms with E-state index in [-0.39, 0.29) is 12.1 Å². The predicted molar refractivity (Wildman–Crippen MR) is 69.2 cm³/mol. The lowest BCUT2D eigenvalue weighted by molar-refractivity contribution is -0.137. The van der Waals surface area contributed by atoms with Gasteiger partial charge in [-0.05, 0) is 55.3 Å². The minimum absolute atomic E-state index is 0.206. The first-order valence-electron chi connectivity index (χ1n) is 7.01. The van der Waals surface area contributed by atoms with Crippen LogP contribution in [0.1, 0.15) is 24.0 Å². The average molecular weight is 285 g/mol. The lowest BCUT2D eigenvalue weighted by Gasteiger charge is -2.19. The van der Waals surface area contributed by atoms with Crippen LogP contribution in [0.3, 0.4) is 0 Å². The molecule has 0 amide bonds. The molecule has 1 saturated carbocycles. The molecule has 1 aliphatic carbocycles. The van der Waals surface area contributed by atoms with Gasteiger partial charge in [0.2, 0.25) is 0 Å². The Morgan fingerprint density at radius 2 is 1.85 bits per heavy atom. The molecule has 1 aromatic carbocycles. The van der Waals surface area contributed by atoms with Gasteiger partial charge in [-0.15, -0.1) is 0 Å². The average Bonchev–Trinajstić information content (AvgIpc) is 2.90. The van der Waals surface area contributed by atoms with E-state index < -0.39 is 11.7 Å². The van der Waals surface area contributed by atoms with Crippen molar-refractivity contribution in [2.24, 2.45) is 11.8 Å². The summed E-state index contributed by atoms with van der Waals surface area (Å²) in [7, 11) is 0. The fourth-order valence-corrected chi connectivity index (χ4v) is 3.62. The third-order valence-electron chi connectivity index (χ3n) is 4.62. The number of benzene rings is 1. The Hall–Kier alpha value is -1.07. The fourth-order valence-electron chi connectivity index (χ4n) is 3.62. The van der Waals surface area contributed by atoms with Crippen LogP contribution in [0.25, 0.3) is 0 Å². The van der Waals surface area contributed by atoms with Crippen LogP contribution in [-0.4, -0.2) is 23.8 Å². The molecular formula is C15H18F3NO. The second kappa shape index (κ2) is 5.04. The Bertz CT molecular complexity index is 471. The predicted octanol–water partition coefficient (Wildman–Crippen LogP) is 2.61. The van der Waals surface area contributed by atoms with Crippen molar-refractivity contribution >= 4 is 0 Å². The Morgan fingerprint density at radius 1 is 1.15 bits per heavy atom. The molecule has 2 N–H and O–H groups in total. The van der Waals surface area contributed by atoms with Crippen LogP contribution in [0, 0.1) is 11.8 Å². The summed E-state index contributed by atoms with van der Waals surface area (Å²) in [4.78, 5) is 0. The van der Waals surface area contributed by atoms with Crippen LogP contribution in [0.15, 0.2) is 24.3 Å². The van der Waals surface area contributed by atoms with Crippen molar-refractivity contribution in [2.75, 3.05) is 6.54 Å². The summed E-state index contributed by atoms with van der Waals surface area (Å²) in [6, 6.07) is 5.68. The van der Waals surface area contributed by atoms with Gasteiger partial charge in [0.25, 0.3) is 0 Å². The molecule has 5 heteroatoms. The van der Waals surface area contributed by atoms with Crippen LogP contribution in [0.2, 0.25) is 0 Å². The van der Waals surface area contributed by atoms with E-state index in [1.165, 1.54) is 0 Å². The van der Waals surface area contributed by atoms with E-state index in [4.69, 9.17) is 0 Å². The van der Waals surface area contributed by atoms with E-state index in [0.29, 0.717) is 11.8 Å². The molecule has 2 nitrogen and oxygen atoms in total. The van der Waals surface area contributed by atoms with Crippen LogP contribution in [0.4, 0.5) is 13.2 Å². The van der Waals surface area contributed by atoms with Crippen molar-refractivity contribution < 1.29 is 18.3 Å². The Morgan fingerprint density at radius 3 is 2.50 bits per heavy atom. The molecule has 1 aliphatic heterocycles. The number of hydrogen-bond donors (Lipinski definition) is 2. The minimum atomic E-state index is -4.27. The molecule has 4 atom stereocenters. The van der Waals surface area contributed by atoms with Gasteiger partial charge in [-0.1, -0.05) is 12.1 Å². The minimum Gasteiger partial charge on any atom is -0.393 e. The van der Waals surface area contributed by atoms with Crippen LogP contribution >= 0.6 is 0 Å². The molecule has 3 rings (SSSR count). The highest BCUT2D eigenvalue weighted by Crippen LogP contribution is 2.39. The molecule has 1 heterocycles. The third kappa shape index (κ3) is 2.69. The molecule has 0 aromatic heterocycles. The van der Waals surface area contributed by atoms with Crippen LogP contribution in [-0.2, 0) is 12.6 Å². The number of nitrogens with one attached hydrogen (secondary N) is 1. The van der Waals surface area contributed by atoms with Gasteiger partial charge in [0.15, 0.2) is 0 Å². The summed E-state index contributed by atoms with van der Waals surface area (Å²) in [6.45, 7) is 0.910. The van der Waals surface area contributed by atoms with Gasteiger partial charge in [-0.25, -0.2) is 0 Å². The summed E-state index contributed by atoms with van der Waals surface area (Å²) in [5.41, 5.74) is 0.312. The fraction of sp³-hybridized carbons (Fsp3) is 0.600. The Labute approximate surface area is 116 Å². The highest BCUT2D eigenvalue weighted by Gasteiger charge is 2.42. The standard InChI is InChI=1S/C15H18F3NO/c16-15(17,18)11-3-1-9(2-4-11)5-14-13-7-12(20)6-10(13)8-19-14/h1-4,10,12-14,19-20H,5-8H2. The van der Waals surface area contributed by atoms with Crippen molar-refractivity contribution in [3.8, 4) is 0 Å². The van der Waals surface area contributed by atoms with Gasteiger partial charge in [0.05, 0.1) is 11.7 Å². The number of fused-ring (bicyclic) bond motifs is 1. The second-order valence-corrected chi connectivity index (χ2v) is 5.96. The van der Waals surface area contributed by atoms with Gasteiger partial charge in [0.1, 0.15) is 0 Å². The quantitative estimate of drug-likeness (QED) is 0.875. The maximum atomic E-state index is 12.5. The molecule has 0 bridgehead atoms. The van der Waals surface area contributed by atoms with E-state index in [2.05, 4.69) is 5.32 Å². The maximum absolute atomic E-state index is 12.5. The normalized spacial score (nSPS) is 33.4. The molecule has 0 radical (unpaired) electrons. The van der Waals surface area contributed by atoms with E-state index >= 15 is 0 Å². The van der Waals surface area contributed by atoms with Crippen LogP contribution < -0.4 is 5.32 Å². The zero-order valence-electron chi connectivity index (χ0n) is 11.0. The molecule has 0 spiro atoms. The Balaban J connectivity index is 1.66. The first kappa shape index (κ1) is 13.9. The zero-order chi connectivity index (χ0) is 14.3. The summed E-state index contributed by atoms with van der Waals surface area (Å²) in [6.07, 6.45) is -2.09. The number of aliphatic hydroxyl groups excluding tert-OH is 1. The van der Waals surface area contributed by atoms with Crippen molar-refractivity contribution in [3.05, 3.63) is 35.4 Å². The van der Waals surface area contributed by atoms with Crippen LogP contribution in [0.5, 0.6) is 0 Å². The molecule has 2 fully saturated rings. The van der Waals surface area contributed by atoms with Gasteiger partial charge < -0.3 is 10.4 Å². The number of halogens is 3. The van der Waals surface area contributed by atoms with Gasteiger partial charge >= 0.3 is 6.18 Å². The number of rotatable bonds is 2. The number of alkyl halides is 3. The lowest BCUT2D eigenvalue weighted by atomic mass is 9.90. The molecule has 4 unspecified atom stereocenters. The summed E-state index contributed by atoms with van der Waals surface area (Å²) in [5, 5.41) is 13.1. The molecule has 110 valence electrons. The summed E-state index contributed by atoms with van der Waals surface area (Å²) < 4.78 is 37.5. The number of aliphatic hydroxyl groups is 1. The smallest absolute Gasteiger partial charge is 0.393 e. The highest BCUT2D eigenvalue weighted by molar-refractivity contribution is 5.25.